The Labute approximate surface area is 190 Å². The zero-order chi connectivity index (χ0) is 23.7. The van der Waals surface area contributed by atoms with Gasteiger partial charge in [-0.1, -0.05) is 53.4 Å². The van der Waals surface area contributed by atoms with Crippen molar-refractivity contribution in [1.82, 2.24) is 16.1 Å². The van der Waals surface area contributed by atoms with E-state index in [9.17, 15) is 0 Å². The lowest BCUT2D eigenvalue weighted by Gasteiger charge is -2.39. The highest BCUT2D eigenvalue weighted by Gasteiger charge is 2.24. The minimum absolute atomic E-state index is 0. The first-order valence-corrected chi connectivity index (χ1v) is 11.4. The first kappa shape index (κ1) is 36.4. The average Bonchev–Trinajstić information content (AvgIpc) is 3.26. The Hall–Kier alpha value is -1.93. The van der Waals surface area contributed by atoms with Gasteiger partial charge in [-0.05, 0) is 32.6 Å². The number of carbonyl (C=O) groups excluding carboxylic acids is 1. The number of aliphatic carboxylic acids is 2. The topological polar surface area (TPSA) is 141 Å². The number of carbonyl (C=O) groups is 2. The van der Waals surface area contributed by atoms with Gasteiger partial charge in [-0.15, -0.1) is 0 Å². The first-order chi connectivity index (χ1) is 14.2. The van der Waals surface area contributed by atoms with Crippen LogP contribution in [0.15, 0.2) is 18.7 Å². The molecule has 0 atom stereocenters. The monoisotopic (exact) mass is 446 g/mol. The van der Waals surface area contributed by atoms with Gasteiger partial charge in [0.05, 0.1) is 32.5 Å². The second-order valence-electron chi connectivity index (χ2n) is 7.42. The highest BCUT2D eigenvalue weighted by molar-refractivity contribution is 5.63. The molecular weight excluding hydrogens is 396 g/mol. The Morgan fingerprint density at radius 2 is 1.16 bits per heavy atom. The predicted molar refractivity (Wildman–Crippen MR) is 127 cm³/mol. The molecule has 0 saturated carbocycles. The van der Waals surface area contributed by atoms with Gasteiger partial charge in [-0.3, -0.25) is 4.79 Å². The van der Waals surface area contributed by atoms with E-state index in [-0.39, 0.29) is 6.15 Å². The maximum atomic E-state index is 9.00. The van der Waals surface area contributed by atoms with Crippen LogP contribution >= 0.6 is 0 Å². The van der Waals surface area contributed by atoms with Crippen molar-refractivity contribution >= 4 is 11.9 Å². The Balaban J connectivity index is -0.000000210. The van der Waals surface area contributed by atoms with Crippen LogP contribution in [0.1, 0.15) is 92.9 Å². The number of hydrogen-bond donors (Lipinski definition) is 3. The molecule has 8 heteroatoms. The summed E-state index contributed by atoms with van der Waals surface area (Å²) in [5.41, 5.74) is 0. The van der Waals surface area contributed by atoms with Crippen LogP contribution < -0.4 is 11.3 Å². The summed E-state index contributed by atoms with van der Waals surface area (Å²) in [6, 6.07) is 0. The fourth-order valence-corrected chi connectivity index (χ4v) is 2.86. The molecule has 0 amide bonds. The van der Waals surface area contributed by atoms with Gasteiger partial charge >= 0.3 is 0 Å². The second-order valence-corrected chi connectivity index (χ2v) is 7.42. The third-order valence-electron chi connectivity index (χ3n) is 4.35. The van der Waals surface area contributed by atoms with Crippen molar-refractivity contribution < 1.29 is 24.3 Å². The largest absolute Gasteiger partial charge is 0.550 e. The van der Waals surface area contributed by atoms with Crippen LogP contribution in [0.25, 0.3) is 0 Å². The van der Waals surface area contributed by atoms with E-state index in [2.05, 4.69) is 37.7 Å². The van der Waals surface area contributed by atoms with E-state index in [4.69, 9.17) is 19.8 Å². The van der Waals surface area contributed by atoms with Crippen molar-refractivity contribution in [2.75, 3.05) is 26.2 Å². The van der Waals surface area contributed by atoms with Crippen LogP contribution in [-0.2, 0) is 9.59 Å². The Morgan fingerprint density at radius 1 is 0.871 bits per heavy atom. The van der Waals surface area contributed by atoms with Crippen LogP contribution in [0, 0.1) is 0 Å². The van der Waals surface area contributed by atoms with Crippen molar-refractivity contribution in [3.63, 3.8) is 0 Å². The van der Waals surface area contributed by atoms with E-state index >= 15 is 0 Å². The number of H-pyrrole nitrogens is 1. The predicted octanol–water partition coefficient (Wildman–Crippen LogP) is 4.42. The molecular formula is C23H50N4O4. The van der Waals surface area contributed by atoms with Crippen molar-refractivity contribution in [3.05, 3.63) is 18.7 Å². The van der Waals surface area contributed by atoms with Gasteiger partial charge in [-0.25, -0.2) is 4.98 Å². The molecule has 0 spiro atoms. The lowest BCUT2D eigenvalue weighted by molar-refractivity contribution is -0.929. The molecule has 0 bridgehead atoms. The molecule has 8 nitrogen and oxygen atoms in total. The van der Waals surface area contributed by atoms with Gasteiger partial charge in [-0.2, -0.15) is 0 Å². The fraction of sp³-hybridized carbons (Fsp3) is 0.783. The molecule has 0 aliphatic heterocycles. The number of rotatable bonds is 12. The standard InChI is InChI=1S/C16H36N.C3H4N2.2C2H4O2.H3N/c1-5-9-13-17(14-10-6-2,15-11-7-3)16-12-8-4;1-2-5-3-4-1;2*1-2(3)4;/h5-16H2,1-4H3;1-3H,(H,4,5);2*1H3,(H,3,4);1H3/q+1;;;;/p-1. The SMILES string of the molecule is CC(=O)O.CC(=O)[O-].CCCC[N+](CCCC)(CCCC)CCCC.N.c1c[nH]cn1. The number of nitrogens with zero attached hydrogens (tertiary/aromatic N) is 2. The Morgan fingerprint density at radius 3 is 1.29 bits per heavy atom. The zero-order valence-electron chi connectivity index (χ0n) is 21.0. The minimum atomic E-state index is -1.08. The number of unbranched alkanes of at least 4 members (excludes halogenated alkanes) is 4. The molecule has 0 aliphatic carbocycles. The van der Waals surface area contributed by atoms with E-state index in [1.807, 2.05) is 0 Å². The van der Waals surface area contributed by atoms with Gasteiger partial charge in [0.1, 0.15) is 0 Å². The summed E-state index contributed by atoms with van der Waals surface area (Å²) < 4.78 is 1.42. The molecule has 0 aliphatic rings. The van der Waals surface area contributed by atoms with Gasteiger partial charge in [0.15, 0.2) is 0 Å². The number of nitrogens with one attached hydrogen (secondary N) is 1. The number of quaternary nitrogens is 1. The van der Waals surface area contributed by atoms with E-state index < -0.39 is 11.9 Å². The number of carboxylic acid groups (broad SMARTS) is 2. The van der Waals surface area contributed by atoms with E-state index in [0.717, 1.165) is 13.8 Å². The van der Waals surface area contributed by atoms with Gasteiger partial charge < -0.3 is 30.6 Å². The lowest BCUT2D eigenvalue weighted by Crippen LogP contribution is -2.50. The molecule has 0 aromatic carbocycles. The van der Waals surface area contributed by atoms with Crippen LogP contribution in [0.2, 0.25) is 0 Å². The van der Waals surface area contributed by atoms with Crippen molar-refractivity contribution in [3.8, 4) is 0 Å². The first-order valence-electron chi connectivity index (χ1n) is 11.4. The highest BCUT2D eigenvalue weighted by atomic mass is 16.4. The third-order valence-corrected chi connectivity index (χ3v) is 4.35. The average molecular weight is 447 g/mol. The summed E-state index contributed by atoms with van der Waals surface area (Å²) in [4.78, 5) is 24.3. The van der Waals surface area contributed by atoms with Gasteiger partial charge in [0.2, 0.25) is 0 Å². The summed E-state index contributed by atoms with van der Waals surface area (Å²) in [5, 5.41) is 16.3. The van der Waals surface area contributed by atoms with Crippen molar-refractivity contribution in [2.24, 2.45) is 0 Å². The normalized spacial score (nSPS) is 9.48. The summed E-state index contributed by atoms with van der Waals surface area (Å²) in [5.74, 6) is -1.92. The lowest BCUT2D eigenvalue weighted by atomic mass is 10.1. The number of carboxylic acids is 2. The molecule has 1 aromatic rings. The maximum Gasteiger partial charge on any atom is 0.300 e. The Kier molecular flexibility index (Phi) is 33.0. The van der Waals surface area contributed by atoms with Crippen LogP contribution in [0.3, 0.4) is 0 Å². The highest BCUT2D eigenvalue weighted by Crippen LogP contribution is 2.16. The Bertz CT molecular complexity index is 393. The van der Waals surface area contributed by atoms with Crippen molar-refractivity contribution in [1.29, 1.82) is 0 Å². The fourth-order valence-electron chi connectivity index (χ4n) is 2.86. The molecule has 0 fully saturated rings. The van der Waals surface area contributed by atoms with Crippen LogP contribution in [0.4, 0.5) is 0 Å². The molecule has 5 N–H and O–H groups in total. The molecule has 1 heterocycles. The number of imidazole rings is 1. The van der Waals surface area contributed by atoms with E-state index in [1.54, 1.807) is 18.7 Å². The zero-order valence-corrected chi connectivity index (χ0v) is 21.0. The molecule has 0 radical (unpaired) electrons. The molecule has 0 saturated heterocycles. The summed E-state index contributed by atoms with van der Waals surface area (Å²) in [7, 11) is 0. The number of aromatic nitrogens is 2. The molecule has 1 aromatic heterocycles. The van der Waals surface area contributed by atoms with Gasteiger partial charge in [0.25, 0.3) is 5.97 Å². The smallest absolute Gasteiger partial charge is 0.300 e. The molecule has 186 valence electrons. The molecule has 31 heavy (non-hydrogen) atoms. The van der Waals surface area contributed by atoms with Crippen molar-refractivity contribution in [2.45, 2.75) is 92.9 Å². The van der Waals surface area contributed by atoms with E-state index in [1.165, 1.54) is 82.0 Å². The maximum absolute atomic E-state index is 9.00. The minimum Gasteiger partial charge on any atom is -0.550 e. The van der Waals surface area contributed by atoms with Crippen LogP contribution in [-0.4, -0.2) is 57.7 Å². The number of aromatic amines is 1. The summed E-state index contributed by atoms with van der Waals surface area (Å²) >= 11 is 0. The summed E-state index contributed by atoms with van der Waals surface area (Å²) in [6.07, 6.45) is 16.1. The second kappa shape index (κ2) is 28.1. The molecule has 1 rings (SSSR count). The van der Waals surface area contributed by atoms with Gasteiger partial charge in [0, 0.05) is 25.3 Å². The number of hydrogen-bond acceptors (Lipinski definition) is 5. The summed E-state index contributed by atoms with van der Waals surface area (Å²) in [6.45, 7) is 17.1. The quantitative estimate of drug-likeness (QED) is 0.406. The molecule has 0 unspecified atom stereocenters. The van der Waals surface area contributed by atoms with Crippen LogP contribution in [0.5, 0.6) is 0 Å². The van der Waals surface area contributed by atoms with E-state index in [0.29, 0.717) is 0 Å². The third kappa shape index (κ3) is 35.8.